The fourth-order valence-electron chi connectivity index (χ4n) is 2.38. The van der Waals surface area contributed by atoms with Crippen LogP contribution in [0.25, 0.3) is 0 Å². The Morgan fingerprint density at radius 2 is 1.94 bits per heavy atom. The van der Waals surface area contributed by atoms with Crippen LogP contribution < -0.4 is 5.32 Å². The van der Waals surface area contributed by atoms with Crippen LogP contribution in [-0.4, -0.2) is 42.8 Å². The number of aliphatic hydroxyl groups is 1. The summed E-state index contributed by atoms with van der Waals surface area (Å²) < 4.78 is 11.2. The summed E-state index contributed by atoms with van der Waals surface area (Å²) in [6, 6.07) is 0.297. The molecule has 1 aliphatic carbocycles. The highest BCUT2D eigenvalue weighted by molar-refractivity contribution is 4.79. The van der Waals surface area contributed by atoms with Crippen LogP contribution in [0.1, 0.15) is 33.1 Å². The summed E-state index contributed by atoms with van der Waals surface area (Å²) in [7, 11) is 0. The molecular weight excluding hydrogens is 206 g/mol. The zero-order valence-electron chi connectivity index (χ0n) is 10.2. The molecular formula is C12H23NO3. The second-order valence-electron chi connectivity index (χ2n) is 5.46. The molecule has 1 saturated carbocycles. The van der Waals surface area contributed by atoms with Crippen molar-refractivity contribution in [1.29, 1.82) is 0 Å². The molecule has 0 aromatic carbocycles. The molecule has 2 fully saturated rings. The van der Waals surface area contributed by atoms with Crippen molar-refractivity contribution in [2.45, 2.75) is 51.0 Å². The van der Waals surface area contributed by atoms with E-state index < -0.39 is 5.79 Å². The molecule has 0 aromatic rings. The van der Waals surface area contributed by atoms with Gasteiger partial charge in [0, 0.05) is 0 Å². The lowest BCUT2D eigenvalue weighted by molar-refractivity contribution is -0.253. The number of nitrogens with one attached hydrogen (secondary N) is 1. The Morgan fingerprint density at radius 1 is 1.25 bits per heavy atom. The Balaban J connectivity index is 1.64. The fraction of sp³-hybridized carbons (Fsp3) is 1.00. The minimum atomic E-state index is -0.429. The van der Waals surface area contributed by atoms with E-state index in [2.05, 4.69) is 5.32 Å². The predicted molar refractivity (Wildman–Crippen MR) is 61.1 cm³/mol. The molecule has 0 amide bonds. The standard InChI is InChI=1S/C12H23NO3/c1-12(2)15-7-10(8-16-12)13-6-9-3-4-11(14)5-9/h9-11,13-14H,3-8H2,1-2H3. The molecule has 2 atom stereocenters. The summed E-state index contributed by atoms with van der Waals surface area (Å²) in [5.74, 6) is 0.187. The molecule has 0 spiro atoms. The minimum absolute atomic E-state index is 0.0791. The van der Waals surface area contributed by atoms with Crippen molar-refractivity contribution in [3.05, 3.63) is 0 Å². The molecule has 94 valence electrons. The Kier molecular flexibility index (Phi) is 3.85. The Labute approximate surface area is 97.3 Å². The van der Waals surface area contributed by atoms with E-state index >= 15 is 0 Å². The SMILES string of the molecule is CC1(C)OCC(NCC2CCC(O)C2)CO1. The first-order chi connectivity index (χ1) is 7.55. The van der Waals surface area contributed by atoms with Gasteiger partial charge in [0.05, 0.1) is 25.4 Å². The van der Waals surface area contributed by atoms with Crippen LogP contribution in [0.4, 0.5) is 0 Å². The van der Waals surface area contributed by atoms with Gasteiger partial charge in [0.1, 0.15) is 0 Å². The van der Waals surface area contributed by atoms with E-state index in [0.717, 1.165) is 25.8 Å². The van der Waals surface area contributed by atoms with Crippen molar-refractivity contribution >= 4 is 0 Å². The molecule has 0 aromatic heterocycles. The van der Waals surface area contributed by atoms with Crippen LogP contribution >= 0.6 is 0 Å². The first-order valence-corrected chi connectivity index (χ1v) is 6.24. The summed E-state index contributed by atoms with van der Waals surface area (Å²) in [6.45, 7) is 6.27. The number of ether oxygens (including phenoxy) is 2. The van der Waals surface area contributed by atoms with Crippen LogP contribution in [0.15, 0.2) is 0 Å². The molecule has 2 N–H and O–H groups in total. The Bertz CT molecular complexity index is 222. The van der Waals surface area contributed by atoms with Gasteiger partial charge in [-0.3, -0.25) is 0 Å². The highest BCUT2D eigenvalue weighted by atomic mass is 16.7. The molecule has 1 heterocycles. The number of rotatable bonds is 3. The second-order valence-corrected chi connectivity index (χ2v) is 5.46. The van der Waals surface area contributed by atoms with E-state index in [-0.39, 0.29) is 6.10 Å². The molecule has 0 bridgehead atoms. The molecule has 4 heteroatoms. The van der Waals surface area contributed by atoms with Gasteiger partial charge in [-0.15, -0.1) is 0 Å². The fourth-order valence-corrected chi connectivity index (χ4v) is 2.38. The minimum Gasteiger partial charge on any atom is -0.393 e. The Morgan fingerprint density at radius 3 is 2.50 bits per heavy atom. The largest absolute Gasteiger partial charge is 0.393 e. The predicted octanol–water partition coefficient (Wildman–Crippen LogP) is 0.888. The van der Waals surface area contributed by atoms with Gasteiger partial charge in [0.15, 0.2) is 5.79 Å². The summed E-state index contributed by atoms with van der Waals surface area (Å²) in [4.78, 5) is 0. The molecule has 1 aliphatic heterocycles. The van der Waals surface area contributed by atoms with Gasteiger partial charge in [-0.1, -0.05) is 0 Å². The van der Waals surface area contributed by atoms with Crippen LogP contribution in [0.3, 0.4) is 0 Å². The normalized spacial score (nSPS) is 35.4. The third-order valence-electron chi connectivity index (χ3n) is 3.47. The van der Waals surface area contributed by atoms with E-state index in [1.165, 1.54) is 0 Å². The molecule has 16 heavy (non-hydrogen) atoms. The lowest BCUT2D eigenvalue weighted by Crippen LogP contribution is -2.49. The van der Waals surface area contributed by atoms with Crippen molar-refractivity contribution in [2.24, 2.45) is 5.92 Å². The van der Waals surface area contributed by atoms with E-state index in [4.69, 9.17) is 9.47 Å². The maximum Gasteiger partial charge on any atom is 0.162 e. The summed E-state index contributed by atoms with van der Waals surface area (Å²) in [5.41, 5.74) is 0. The summed E-state index contributed by atoms with van der Waals surface area (Å²) >= 11 is 0. The molecule has 2 aliphatic rings. The van der Waals surface area contributed by atoms with Crippen molar-refractivity contribution in [3.63, 3.8) is 0 Å². The second kappa shape index (κ2) is 5.00. The van der Waals surface area contributed by atoms with Gasteiger partial charge >= 0.3 is 0 Å². The third kappa shape index (κ3) is 3.42. The van der Waals surface area contributed by atoms with E-state index in [0.29, 0.717) is 25.2 Å². The lowest BCUT2D eigenvalue weighted by atomic mass is 10.1. The zero-order chi connectivity index (χ0) is 11.6. The molecule has 1 saturated heterocycles. The van der Waals surface area contributed by atoms with Gasteiger partial charge in [-0.05, 0) is 45.6 Å². The monoisotopic (exact) mass is 229 g/mol. The lowest BCUT2D eigenvalue weighted by Gasteiger charge is -2.35. The number of aliphatic hydroxyl groups excluding tert-OH is 1. The van der Waals surface area contributed by atoms with Crippen molar-refractivity contribution in [1.82, 2.24) is 5.32 Å². The Hall–Kier alpha value is -0.160. The van der Waals surface area contributed by atoms with Gasteiger partial charge in [-0.2, -0.15) is 0 Å². The van der Waals surface area contributed by atoms with Gasteiger partial charge in [-0.25, -0.2) is 0 Å². The maximum absolute atomic E-state index is 9.43. The van der Waals surface area contributed by atoms with E-state index in [1.807, 2.05) is 13.8 Å². The zero-order valence-corrected chi connectivity index (χ0v) is 10.2. The third-order valence-corrected chi connectivity index (χ3v) is 3.47. The van der Waals surface area contributed by atoms with Crippen molar-refractivity contribution in [3.8, 4) is 0 Å². The van der Waals surface area contributed by atoms with Crippen molar-refractivity contribution < 1.29 is 14.6 Å². The van der Waals surface area contributed by atoms with Gasteiger partial charge in [0.25, 0.3) is 0 Å². The summed E-state index contributed by atoms with van der Waals surface area (Å²) in [6.07, 6.45) is 2.95. The first kappa shape index (κ1) is 12.3. The van der Waals surface area contributed by atoms with Crippen LogP contribution in [0.2, 0.25) is 0 Å². The maximum atomic E-state index is 9.43. The number of hydrogen-bond donors (Lipinski definition) is 2. The van der Waals surface area contributed by atoms with Gasteiger partial charge in [0.2, 0.25) is 0 Å². The van der Waals surface area contributed by atoms with Crippen molar-refractivity contribution in [2.75, 3.05) is 19.8 Å². The van der Waals surface area contributed by atoms with Crippen LogP contribution in [0.5, 0.6) is 0 Å². The highest BCUT2D eigenvalue weighted by Crippen LogP contribution is 2.25. The molecule has 4 nitrogen and oxygen atoms in total. The summed E-state index contributed by atoms with van der Waals surface area (Å²) in [5, 5.41) is 12.9. The van der Waals surface area contributed by atoms with E-state index in [1.54, 1.807) is 0 Å². The molecule has 2 unspecified atom stereocenters. The smallest absolute Gasteiger partial charge is 0.162 e. The average Bonchev–Trinajstić information content (AvgIpc) is 2.63. The highest BCUT2D eigenvalue weighted by Gasteiger charge is 2.29. The quantitative estimate of drug-likeness (QED) is 0.754. The topological polar surface area (TPSA) is 50.7 Å². The molecule has 2 rings (SSSR count). The number of hydrogen-bond acceptors (Lipinski definition) is 4. The first-order valence-electron chi connectivity index (χ1n) is 6.24. The average molecular weight is 229 g/mol. The molecule has 0 radical (unpaired) electrons. The van der Waals surface area contributed by atoms with Crippen LogP contribution in [0, 0.1) is 5.92 Å². The van der Waals surface area contributed by atoms with Gasteiger partial charge < -0.3 is 19.9 Å². The van der Waals surface area contributed by atoms with Crippen LogP contribution in [-0.2, 0) is 9.47 Å². The van der Waals surface area contributed by atoms with E-state index in [9.17, 15) is 5.11 Å².